The summed E-state index contributed by atoms with van der Waals surface area (Å²) in [6.07, 6.45) is 1.63. The van der Waals surface area contributed by atoms with Crippen molar-refractivity contribution in [2.24, 2.45) is 0 Å². The molecule has 1 N–H and O–H groups in total. The minimum Gasteiger partial charge on any atom is -0.372 e. The van der Waals surface area contributed by atoms with Crippen LogP contribution in [0.25, 0.3) is 0 Å². The van der Waals surface area contributed by atoms with Crippen LogP contribution in [0.3, 0.4) is 0 Å². The predicted octanol–water partition coefficient (Wildman–Crippen LogP) is 2.68. The third kappa shape index (κ3) is 3.06. The maximum atomic E-state index is 5.89. The van der Waals surface area contributed by atoms with Crippen LogP contribution in [-0.2, 0) is 11.2 Å². The highest BCUT2D eigenvalue weighted by atomic mass is 79.9. The highest BCUT2D eigenvalue weighted by Crippen LogP contribution is 2.19. The van der Waals surface area contributed by atoms with Crippen LogP contribution in [0.5, 0.6) is 0 Å². The Morgan fingerprint density at radius 3 is 2.94 bits per heavy atom. The van der Waals surface area contributed by atoms with Crippen molar-refractivity contribution >= 4 is 15.9 Å². The number of morpholine rings is 1. The summed E-state index contributed by atoms with van der Waals surface area (Å²) in [5.41, 5.74) is 2.64. The fourth-order valence-corrected chi connectivity index (χ4v) is 2.34. The highest BCUT2D eigenvalue weighted by molar-refractivity contribution is 9.10. The summed E-state index contributed by atoms with van der Waals surface area (Å²) in [5, 5.41) is 3.40. The zero-order chi connectivity index (χ0) is 11.5. The molecule has 2 nitrogen and oxygen atoms in total. The average molecular weight is 284 g/mol. The largest absolute Gasteiger partial charge is 0.372 e. The Morgan fingerprint density at radius 2 is 2.25 bits per heavy atom. The number of hydrogen-bond donors (Lipinski definition) is 1. The smallest absolute Gasteiger partial charge is 0.0743 e. The fourth-order valence-electron chi connectivity index (χ4n) is 2.09. The van der Waals surface area contributed by atoms with Crippen LogP contribution in [-0.4, -0.2) is 25.3 Å². The van der Waals surface area contributed by atoms with Gasteiger partial charge in [-0.2, -0.15) is 0 Å². The molecule has 0 aromatic heterocycles. The number of aryl methyl sites for hydroxylation is 1. The maximum Gasteiger partial charge on any atom is 0.0743 e. The van der Waals surface area contributed by atoms with Crippen molar-refractivity contribution in [2.75, 3.05) is 13.1 Å². The van der Waals surface area contributed by atoms with Crippen LogP contribution < -0.4 is 5.32 Å². The molecule has 1 aromatic rings. The van der Waals surface area contributed by atoms with Gasteiger partial charge in [-0.15, -0.1) is 0 Å². The van der Waals surface area contributed by atoms with E-state index in [-0.39, 0.29) is 0 Å². The van der Waals surface area contributed by atoms with Crippen molar-refractivity contribution in [1.82, 2.24) is 5.32 Å². The molecule has 1 aromatic carbocycles. The van der Waals surface area contributed by atoms with Gasteiger partial charge in [0.25, 0.3) is 0 Å². The van der Waals surface area contributed by atoms with Crippen molar-refractivity contribution < 1.29 is 4.74 Å². The molecule has 0 spiro atoms. The van der Waals surface area contributed by atoms with Crippen LogP contribution >= 0.6 is 15.9 Å². The second-order valence-corrected chi connectivity index (χ2v) is 5.37. The van der Waals surface area contributed by atoms with Gasteiger partial charge in [0.15, 0.2) is 0 Å². The van der Waals surface area contributed by atoms with Gasteiger partial charge < -0.3 is 10.1 Å². The molecule has 88 valence electrons. The van der Waals surface area contributed by atoms with Gasteiger partial charge >= 0.3 is 0 Å². The van der Waals surface area contributed by atoms with E-state index in [0.717, 1.165) is 19.5 Å². The van der Waals surface area contributed by atoms with Crippen LogP contribution in [0, 0.1) is 6.92 Å². The lowest BCUT2D eigenvalue weighted by Crippen LogP contribution is -2.44. The molecule has 1 aliphatic rings. The molecule has 0 saturated carbocycles. The summed E-state index contributed by atoms with van der Waals surface area (Å²) in [4.78, 5) is 0. The second-order valence-electron chi connectivity index (χ2n) is 4.51. The van der Waals surface area contributed by atoms with E-state index in [9.17, 15) is 0 Å². The predicted molar refractivity (Wildman–Crippen MR) is 69.8 cm³/mol. The molecular formula is C13H18BrNO. The summed E-state index contributed by atoms with van der Waals surface area (Å²) < 4.78 is 7.06. The van der Waals surface area contributed by atoms with Gasteiger partial charge in [-0.05, 0) is 37.5 Å². The first-order valence-electron chi connectivity index (χ1n) is 5.76. The quantitative estimate of drug-likeness (QED) is 0.901. The summed E-state index contributed by atoms with van der Waals surface area (Å²) in [6.45, 7) is 6.16. The maximum absolute atomic E-state index is 5.89. The number of hydrogen-bond acceptors (Lipinski definition) is 2. The van der Waals surface area contributed by atoms with Crippen LogP contribution in [0.15, 0.2) is 22.7 Å². The lowest BCUT2D eigenvalue weighted by Gasteiger charge is -2.28. The molecule has 1 fully saturated rings. The molecular weight excluding hydrogens is 266 g/mol. The Labute approximate surface area is 106 Å². The van der Waals surface area contributed by atoms with E-state index in [1.807, 2.05) is 0 Å². The van der Waals surface area contributed by atoms with Crippen LogP contribution in [0.2, 0.25) is 0 Å². The SMILES string of the molecule is Cc1cc(CC2CNCC(C)O2)ccc1Br. The van der Waals surface area contributed by atoms with E-state index in [1.165, 1.54) is 15.6 Å². The summed E-state index contributed by atoms with van der Waals surface area (Å²) in [6, 6.07) is 6.51. The third-order valence-electron chi connectivity index (χ3n) is 2.91. The molecule has 2 unspecified atom stereocenters. The Hall–Kier alpha value is -0.380. The molecule has 16 heavy (non-hydrogen) atoms. The van der Waals surface area contributed by atoms with Crippen LogP contribution in [0.4, 0.5) is 0 Å². The van der Waals surface area contributed by atoms with Gasteiger partial charge in [-0.3, -0.25) is 0 Å². The zero-order valence-corrected chi connectivity index (χ0v) is 11.4. The van der Waals surface area contributed by atoms with E-state index in [1.54, 1.807) is 0 Å². The van der Waals surface area contributed by atoms with Crippen molar-refractivity contribution in [3.05, 3.63) is 33.8 Å². The Balaban J connectivity index is 2.00. The molecule has 0 radical (unpaired) electrons. The van der Waals surface area contributed by atoms with Crippen molar-refractivity contribution in [3.63, 3.8) is 0 Å². The first-order valence-corrected chi connectivity index (χ1v) is 6.55. The number of rotatable bonds is 2. The molecule has 1 saturated heterocycles. The van der Waals surface area contributed by atoms with Crippen LogP contribution in [0.1, 0.15) is 18.1 Å². The number of nitrogens with one attached hydrogen (secondary N) is 1. The lowest BCUT2D eigenvalue weighted by molar-refractivity contribution is -0.0262. The Morgan fingerprint density at radius 1 is 1.44 bits per heavy atom. The van der Waals surface area contributed by atoms with Crippen molar-refractivity contribution in [2.45, 2.75) is 32.5 Å². The normalized spacial score (nSPS) is 25.7. The molecule has 1 aliphatic heterocycles. The molecule has 0 aliphatic carbocycles. The van der Waals surface area contributed by atoms with Gasteiger partial charge in [-0.1, -0.05) is 28.1 Å². The summed E-state index contributed by atoms with van der Waals surface area (Å²) in [7, 11) is 0. The van der Waals surface area contributed by atoms with Gasteiger partial charge in [0.1, 0.15) is 0 Å². The lowest BCUT2D eigenvalue weighted by atomic mass is 10.0. The fraction of sp³-hybridized carbons (Fsp3) is 0.538. The topological polar surface area (TPSA) is 21.3 Å². The molecule has 2 atom stereocenters. The minimum atomic E-state index is 0.310. The minimum absolute atomic E-state index is 0.310. The van der Waals surface area contributed by atoms with Gasteiger partial charge in [0, 0.05) is 17.6 Å². The molecule has 3 heteroatoms. The van der Waals surface area contributed by atoms with E-state index < -0.39 is 0 Å². The highest BCUT2D eigenvalue weighted by Gasteiger charge is 2.18. The molecule has 0 amide bonds. The van der Waals surface area contributed by atoms with E-state index in [0.29, 0.717) is 12.2 Å². The van der Waals surface area contributed by atoms with Gasteiger partial charge in [0.2, 0.25) is 0 Å². The first-order chi connectivity index (χ1) is 7.65. The number of benzene rings is 1. The third-order valence-corrected chi connectivity index (χ3v) is 3.80. The molecule has 0 bridgehead atoms. The summed E-state index contributed by atoms with van der Waals surface area (Å²) >= 11 is 3.52. The zero-order valence-electron chi connectivity index (χ0n) is 9.79. The van der Waals surface area contributed by atoms with Crippen molar-refractivity contribution in [3.8, 4) is 0 Å². The van der Waals surface area contributed by atoms with E-state index >= 15 is 0 Å². The van der Waals surface area contributed by atoms with Crippen molar-refractivity contribution in [1.29, 1.82) is 0 Å². The Bertz CT molecular complexity index is 367. The van der Waals surface area contributed by atoms with Gasteiger partial charge in [-0.25, -0.2) is 0 Å². The van der Waals surface area contributed by atoms with Gasteiger partial charge in [0.05, 0.1) is 12.2 Å². The standard InChI is InChI=1S/C13H18BrNO/c1-9-5-11(3-4-13(9)14)6-12-8-15-7-10(2)16-12/h3-5,10,12,15H,6-8H2,1-2H3. The van der Waals surface area contributed by atoms with E-state index in [4.69, 9.17) is 4.74 Å². The average Bonchev–Trinajstić information content (AvgIpc) is 2.24. The molecule has 1 heterocycles. The first kappa shape index (κ1) is 12.1. The molecule has 2 rings (SSSR count). The number of halogens is 1. The number of ether oxygens (including phenoxy) is 1. The Kier molecular flexibility index (Phi) is 4.00. The van der Waals surface area contributed by atoms with E-state index in [2.05, 4.69) is 53.3 Å². The monoisotopic (exact) mass is 283 g/mol. The summed E-state index contributed by atoms with van der Waals surface area (Å²) in [5.74, 6) is 0. The second kappa shape index (κ2) is 5.30.